The summed E-state index contributed by atoms with van der Waals surface area (Å²) in [5, 5.41) is 0.295. The molecule has 0 atom stereocenters. The summed E-state index contributed by atoms with van der Waals surface area (Å²) in [7, 11) is 2.09. The zero-order chi connectivity index (χ0) is 8.91. The second kappa shape index (κ2) is 4.90. The summed E-state index contributed by atoms with van der Waals surface area (Å²) in [6, 6.07) is 0. The van der Waals surface area contributed by atoms with Crippen LogP contribution in [0.2, 0.25) is 5.04 Å². The largest absolute Gasteiger partial charge is 0.400 e. The van der Waals surface area contributed by atoms with Gasteiger partial charge in [-0.15, -0.1) is 0 Å². The molecule has 0 aliphatic heterocycles. The summed E-state index contributed by atoms with van der Waals surface area (Å²) in [5.41, 5.74) is 0. The van der Waals surface area contributed by atoms with Crippen molar-refractivity contribution in [2.75, 3.05) is 14.2 Å². The minimum absolute atomic E-state index is 0.295. The molecular weight excluding hydrogens is 156 g/mol. The van der Waals surface area contributed by atoms with Crippen LogP contribution in [0, 0.1) is 0 Å². The molecule has 2 nitrogen and oxygen atoms in total. The number of rotatable bonds is 5. The summed E-state index contributed by atoms with van der Waals surface area (Å²) >= 11 is 0. The molecule has 0 aliphatic rings. The van der Waals surface area contributed by atoms with Gasteiger partial charge in [-0.3, -0.25) is 0 Å². The highest BCUT2D eigenvalue weighted by atomic mass is 28.3. The Labute approximate surface area is 71.7 Å². The van der Waals surface area contributed by atoms with Crippen molar-refractivity contribution in [2.45, 2.75) is 38.7 Å². The van der Waals surface area contributed by atoms with E-state index in [4.69, 9.17) is 8.85 Å². The second-order valence-electron chi connectivity index (χ2n) is 3.16. The molecule has 0 aromatic heterocycles. The fraction of sp³-hybridized carbons (Fsp3) is 1.00. The van der Waals surface area contributed by atoms with Crippen LogP contribution in [0.5, 0.6) is 0 Å². The fourth-order valence-corrected chi connectivity index (χ4v) is 3.25. The van der Waals surface area contributed by atoms with E-state index in [1.165, 1.54) is 0 Å². The van der Waals surface area contributed by atoms with Crippen LogP contribution in [-0.4, -0.2) is 23.5 Å². The predicted molar refractivity (Wildman–Crippen MR) is 50.1 cm³/mol. The van der Waals surface area contributed by atoms with Crippen molar-refractivity contribution in [2.24, 2.45) is 0 Å². The van der Waals surface area contributed by atoms with E-state index < -0.39 is 9.28 Å². The minimum Gasteiger partial charge on any atom is -0.400 e. The Balaban J connectivity index is 4.19. The normalized spacial score (nSPS) is 12.5. The van der Waals surface area contributed by atoms with Crippen LogP contribution in [0.4, 0.5) is 0 Å². The van der Waals surface area contributed by atoms with Crippen LogP contribution < -0.4 is 0 Å². The first-order valence-corrected chi connectivity index (χ1v) is 5.72. The fourth-order valence-electron chi connectivity index (χ4n) is 1.25. The summed E-state index contributed by atoms with van der Waals surface area (Å²) in [5.74, 6) is 0. The van der Waals surface area contributed by atoms with Gasteiger partial charge < -0.3 is 8.85 Å². The van der Waals surface area contributed by atoms with Crippen molar-refractivity contribution in [1.29, 1.82) is 0 Å². The molecule has 3 heteroatoms. The van der Waals surface area contributed by atoms with Crippen LogP contribution in [0.25, 0.3) is 0 Å². The van der Waals surface area contributed by atoms with E-state index in [1.807, 2.05) is 0 Å². The molecule has 0 spiro atoms. The summed E-state index contributed by atoms with van der Waals surface area (Å²) in [6.45, 7) is 6.64. The highest BCUT2D eigenvalue weighted by Gasteiger charge is 2.33. The van der Waals surface area contributed by atoms with Gasteiger partial charge in [-0.2, -0.15) is 0 Å². The molecule has 0 amide bonds. The lowest BCUT2D eigenvalue weighted by molar-refractivity contribution is 0.237. The van der Waals surface area contributed by atoms with Crippen molar-refractivity contribution in [1.82, 2.24) is 0 Å². The van der Waals surface area contributed by atoms with Gasteiger partial charge in [0, 0.05) is 19.3 Å². The molecule has 0 saturated heterocycles. The van der Waals surface area contributed by atoms with Crippen molar-refractivity contribution in [3.63, 3.8) is 0 Å². The highest BCUT2D eigenvalue weighted by molar-refractivity contribution is 6.48. The average Bonchev–Trinajstić information content (AvgIpc) is 2.06. The maximum absolute atomic E-state index is 5.36. The zero-order valence-electron chi connectivity index (χ0n) is 8.31. The molecular formula is C8H20O2Si. The lowest BCUT2D eigenvalue weighted by Crippen LogP contribution is -2.33. The second-order valence-corrected chi connectivity index (χ2v) is 6.16. The van der Waals surface area contributed by atoms with Crippen LogP contribution in [0.1, 0.15) is 33.6 Å². The van der Waals surface area contributed by atoms with Gasteiger partial charge in [0.1, 0.15) is 0 Å². The molecule has 0 N–H and O–H groups in total. The maximum Gasteiger partial charge on any atom is 0.327 e. The molecule has 0 bridgehead atoms. The zero-order valence-corrected chi connectivity index (χ0v) is 9.46. The van der Waals surface area contributed by atoms with Crippen molar-refractivity contribution in [3.8, 4) is 0 Å². The Bertz CT molecular complexity index is 98.3. The topological polar surface area (TPSA) is 18.5 Å². The third-order valence-electron chi connectivity index (χ3n) is 2.61. The van der Waals surface area contributed by atoms with Crippen LogP contribution in [0.15, 0.2) is 0 Å². The van der Waals surface area contributed by atoms with Gasteiger partial charge in [-0.25, -0.2) is 0 Å². The summed E-state index contributed by atoms with van der Waals surface area (Å²) in [6.07, 6.45) is 2.28. The first-order chi connectivity index (χ1) is 5.14. The van der Waals surface area contributed by atoms with E-state index in [9.17, 15) is 0 Å². The molecule has 0 unspecified atom stereocenters. The van der Waals surface area contributed by atoms with Gasteiger partial charge in [0.05, 0.1) is 0 Å². The molecule has 0 aliphatic carbocycles. The molecule has 68 valence electrons. The van der Waals surface area contributed by atoms with E-state index in [2.05, 4.69) is 20.8 Å². The summed E-state index contributed by atoms with van der Waals surface area (Å²) in [4.78, 5) is 0. The van der Waals surface area contributed by atoms with Gasteiger partial charge in [0.2, 0.25) is 0 Å². The SMILES string of the molecule is CCC(C)(CC)[SiH](OC)OC. The van der Waals surface area contributed by atoms with Gasteiger partial charge >= 0.3 is 9.28 Å². The minimum atomic E-state index is -1.42. The molecule has 0 heterocycles. The van der Waals surface area contributed by atoms with E-state index in [0.717, 1.165) is 12.8 Å². The molecule has 0 aromatic carbocycles. The van der Waals surface area contributed by atoms with E-state index in [0.29, 0.717) is 5.04 Å². The Hall–Kier alpha value is 0.137. The molecule has 0 rings (SSSR count). The van der Waals surface area contributed by atoms with Crippen LogP contribution in [0.3, 0.4) is 0 Å². The number of hydrogen-bond donors (Lipinski definition) is 0. The van der Waals surface area contributed by atoms with Crippen molar-refractivity contribution in [3.05, 3.63) is 0 Å². The first-order valence-electron chi connectivity index (χ1n) is 4.20. The van der Waals surface area contributed by atoms with Crippen LogP contribution in [-0.2, 0) is 8.85 Å². The lowest BCUT2D eigenvalue weighted by Gasteiger charge is -2.31. The maximum atomic E-state index is 5.36. The number of hydrogen-bond acceptors (Lipinski definition) is 2. The molecule has 0 saturated carbocycles. The van der Waals surface area contributed by atoms with E-state index >= 15 is 0 Å². The molecule has 0 radical (unpaired) electrons. The molecule has 0 fully saturated rings. The first kappa shape index (κ1) is 11.1. The average molecular weight is 176 g/mol. The third kappa shape index (κ3) is 2.58. The summed E-state index contributed by atoms with van der Waals surface area (Å²) < 4.78 is 10.7. The third-order valence-corrected chi connectivity index (χ3v) is 5.42. The standard InChI is InChI=1S/C8H20O2Si/c1-6-8(3,7-2)11(9-4)10-5/h11H,6-7H2,1-5H3. The monoisotopic (exact) mass is 176 g/mol. The van der Waals surface area contributed by atoms with Gasteiger partial charge in [0.25, 0.3) is 0 Å². The van der Waals surface area contributed by atoms with E-state index in [-0.39, 0.29) is 0 Å². The van der Waals surface area contributed by atoms with E-state index in [1.54, 1.807) is 14.2 Å². The molecule has 11 heavy (non-hydrogen) atoms. The molecule has 0 aromatic rings. The smallest absolute Gasteiger partial charge is 0.327 e. The quantitative estimate of drug-likeness (QED) is 0.597. The van der Waals surface area contributed by atoms with Crippen LogP contribution >= 0.6 is 0 Å². The van der Waals surface area contributed by atoms with Crippen molar-refractivity contribution >= 4 is 9.28 Å². The van der Waals surface area contributed by atoms with Gasteiger partial charge in [0.15, 0.2) is 0 Å². The lowest BCUT2D eigenvalue weighted by atomic mass is 10.1. The van der Waals surface area contributed by atoms with Gasteiger partial charge in [-0.1, -0.05) is 20.8 Å². The van der Waals surface area contributed by atoms with Gasteiger partial charge in [-0.05, 0) is 12.8 Å². The Morgan fingerprint density at radius 3 is 1.55 bits per heavy atom. The Morgan fingerprint density at radius 1 is 1.09 bits per heavy atom. The Morgan fingerprint density at radius 2 is 1.45 bits per heavy atom. The van der Waals surface area contributed by atoms with Crippen molar-refractivity contribution < 1.29 is 8.85 Å². The predicted octanol–water partition coefficient (Wildman–Crippen LogP) is 2.08. The Kier molecular flexibility index (Phi) is 4.96. The highest BCUT2D eigenvalue weighted by Crippen LogP contribution is 2.37.